The fraction of sp³-hybridized carbons (Fsp3) is 0.200. The van der Waals surface area contributed by atoms with Crippen LogP contribution in [0.15, 0.2) is 48.7 Å². The van der Waals surface area contributed by atoms with Crippen LogP contribution in [0, 0.1) is 0 Å². The van der Waals surface area contributed by atoms with Gasteiger partial charge in [-0.15, -0.1) is 0 Å². The summed E-state index contributed by atoms with van der Waals surface area (Å²) in [7, 11) is 3.31. The van der Waals surface area contributed by atoms with Crippen molar-refractivity contribution in [1.82, 2.24) is 9.88 Å². The van der Waals surface area contributed by atoms with E-state index in [-0.39, 0.29) is 5.91 Å². The maximum atomic E-state index is 12.3. The summed E-state index contributed by atoms with van der Waals surface area (Å²) >= 11 is 0. The first kappa shape index (κ1) is 13.1. The number of carbonyl (C=O) groups is 1. The SMILES string of the molecule is COc1cc(C(=O)N(C)Cc2ccccc2)ccn1. The average Bonchev–Trinajstić information content (AvgIpc) is 2.47. The van der Waals surface area contributed by atoms with Crippen LogP contribution >= 0.6 is 0 Å². The van der Waals surface area contributed by atoms with Crippen molar-refractivity contribution < 1.29 is 9.53 Å². The van der Waals surface area contributed by atoms with Crippen molar-refractivity contribution >= 4 is 5.91 Å². The summed E-state index contributed by atoms with van der Waals surface area (Å²) in [5.74, 6) is 0.392. The van der Waals surface area contributed by atoms with Gasteiger partial charge in [0.05, 0.1) is 7.11 Å². The van der Waals surface area contributed by atoms with Crippen LogP contribution in [-0.2, 0) is 6.54 Å². The van der Waals surface area contributed by atoms with E-state index in [1.165, 1.54) is 7.11 Å². The maximum Gasteiger partial charge on any atom is 0.254 e. The van der Waals surface area contributed by atoms with Gasteiger partial charge in [-0.3, -0.25) is 4.79 Å². The van der Waals surface area contributed by atoms with Crippen LogP contribution in [0.1, 0.15) is 15.9 Å². The van der Waals surface area contributed by atoms with Crippen LogP contribution in [0.5, 0.6) is 5.88 Å². The van der Waals surface area contributed by atoms with Gasteiger partial charge in [-0.05, 0) is 11.6 Å². The molecule has 0 bridgehead atoms. The minimum atomic E-state index is -0.0513. The zero-order chi connectivity index (χ0) is 13.7. The van der Waals surface area contributed by atoms with E-state index in [0.717, 1.165) is 5.56 Å². The van der Waals surface area contributed by atoms with Gasteiger partial charge in [0.2, 0.25) is 5.88 Å². The van der Waals surface area contributed by atoms with Gasteiger partial charge in [0.25, 0.3) is 5.91 Å². The Balaban J connectivity index is 2.10. The number of aromatic nitrogens is 1. The molecular formula is C15H16N2O2. The van der Waals surface area contributed by atoms with Crippen molar-refractivity contribution in [1.29, 1.82) is 0 Å². The predicted octanol–water partition coefficient (Wildman–Crippen LogP) is 2.36. The average molecular weight is 256 g/mol. The van der Waals surface area contributed by atoms with Crippen LogP contribution in [0.2, 0.25) is 0 Å². The fourth-order valence-electron chi connectivity index (χ4n) is 1.80. The van der Waals surface area contributed by atoms with Crippen molar-refractivity contribution in [2.24, 2.45) is 0 Å². The first-order valence-corrected chi connectivity index (χ1v) is 6.00. The molecule has 0 fully saturated rings. The molecule has 1 amide bonds. The Labute approximate surface area is 112 Å². The molecule has 0 N–H and O–H groups in total. The van der Waals surface area contributed by atoms with Gasteiger partial charge in [-0.2, -0.15) is 0 Å². The number of rotatable bonds is 4. The Morgan fingerprint density at radius 2 is 2.00 bits per heavy atom. The fourth-order valence-corrected chi connectivity index (χ4v) is 1.80. The third-order valence-electron chi connectivity index (χ3n) is 2.80. The van der Waals surface area contributed by atoms with Crippen LogP contribution < -0.4 is 4.74 Å². The Kier molecular flexibility index (Phi) is 4.13. The summed E-state index contributed by atoms with van der Waals surface area (Å²) in [5, 5.41) is 0. The van der Waals surface area contributed by atoms with E-state index < -0.39 is 0 Å². The molecule has 0 saturated heterocycles. The van der Waals surface area contributed by atoms with E-state index in [0.29, 0.717) is 18.0 Å². The summed E-state index contributed by atoms with van der Waals surface area (Å²) in [6.07, 6.45) is 1.57. The molecule has 0 aliphatic heterocycles. The second kappa shape index (κ2) is 6.00. The van der Waals surface area contributed by atoms with E-state index in [9.17, 15) is 4.79 Å². The first-order valence-electron chi connectivity index (χ1n) is 6.00. The zero-order valence-electron chi connectivity index (χ0n) is 11.0. The normalized spacial score (nSPS) is 10.0. The number of nitrogens with zero attached hydrogens (tertiary/aromatic N) is 2. The second-order valence-electron chi connectivity index (χ2n) is 4.23. The number of methoxy groups -OCH3 is 1. The van der Waals surface area contributed by atoms with E-state index in [1.807, 2.05) is 30.3 Å². The lowest BCUT2D eigenvalue weighted by atomic mass is 10.2. The molecule has 0 atom stereocenters. The number of hydrogen-bond acceptors (Lipinski definition) is 3. The molecule has 0 unspecified atom stereocenters. The lowest BCUT2D eigenvalue weighted by molar-refractivity contribution is 0.0784. The van der Waals surface area contributed by atoms with Crippen LogP contribution in [-0.4, -0.2) is 29.9 Å². The van der Waals surface area contributed by atoms with Gasteiger partial charge in [0, 0.05) is 31.4 Å². The summed E-state index contributed by atoms with van der Waals surface area (Å²) in [5.41, 5.74) is 1.67. The molecule has 2 aromatic rings. The molecule has 0 spiro atoms. The first-order chi connectivity index (χ1) is 9.20. The third kappa shape index (κ3) is 3.31. The van der Waals surface area contributed by atoms with Gasteiger partial charge >= 0.3 is 0 Å². The van der Waals surface area contributed by atoms with Crippen LogP contribution in [0.4, 0.5) is 0 Å². The molecule has 0 aliphatic rings. The van der Waals surface area contributed by atoms with E-state index in [1.54, 1.807) is 30.3 Å². The number of ether oxygens (including phenoxy) is 1. The minimum absolute atomic E-state index is 0.0513. The summed E-state index contributed by atoms with van der Waals surface area (Å²) in [6, 6.07) is 13.2. The zero-order valence-corrected chi connectivity index (χ0v) is 11.0. The van der Waals surface area contributed by atoms with Crippen molar-refractivity contribution in [3.8, 4) is 5.88 Å². The Hall–Kier alpha value is -2.36. The monoisotopic (exact) mass is 256 g/mol. The number of carbonyl (C=O) groups excluding carboxylic acids is 1. The van der Waals surface area contributed by atoms with Crippen molar-refractivity contribution in [3.63, 3.8) is 0 Å². The molecule has 98 valence electrons. The molecule has 0 saturated carbocycles. The summed E-state index contributed by atoms with van der Waals surface area (Å²) in [6.45, 7) is 0.574. The summed E-state index contributed by atoms with van der Waals surface area (Å²) in [4.78, 5) is 17.9. The molecule has 4 heteroatoms. The Morgan fingerprint density at radius 3 is 2.68 bits per heavy atom. The Morgan fingerprint density at radius 1 is 1.26 bits per heavy atom. The topological polar surface area (TPSA) is 42.4 Å². The molecule has 4 nitrogen and oxygen atoms in total. The largest absolute Gasteiger partial charge is 0.481 e. The number of pyridine rings is 1. The van der Waals surface area contributed by atoms with Gasteiger partial charge in [0.1, 0.15) is 0 Å². The van der Waals surface area contributed by atoms with Gasteiger partial charge in [0.15, 0.2) is 0 Å². The Bertz CT molecular complexity index is 555. The molecule has 0 radical (unpaired) electrons. The van der Waals surface area contributed by atoms with Crippen molar-refractivity contribution in [2.75, 3.05) is 14.2 Å². The highest BCUT2D eigenvalue weighted by Gasteiger charge is 2.12. The lowest BCUT2D eigenvalue weighted by Crippen LogP contribution is -2.26. The third-order valence-corrected chi connectivity index (χ3v) is 2.80. The smallest absolute Gasteiger partial charge is 0.254 e. The van der Waals surface area contributed by atoms with E-state index >= 15 is 0 Å². The molecular weight excluding hydrogens is 240 g/mol. The predicted molar refractivity (Wildman–Crippen MR) is 73.0 cm³/mol. The van der Waals surface area contributed by atoms with Gasteiger partial charge in [-0.1, -0.05) is 30.3 Å². The van der Waals surface area contributed by atoms with Gasteiger partial charge in [-0.25, -0.2) is 4.98 Å². The number of amides is 1. The quantitative estimate of drug-likeness (QED) is 0.843. The van der Waals surface area contributed by atoms with Crippen molar-refractivity contribution in [3.05, 3.63) is 59.8 Å². The number of hydrogen-bond donors (Lipinski definition) is 0. The molecule has 1 aromatic carbocycles. The molecule has 2 rings (SSSR count). The maximum absolute atomic E-state index is 12.3. The highest BCUT2D eigenvalue weighted by atomic mass is 16.5. The summed E-state index contributed by atoms with van der Waals surface area (Å²) < 4.78 is 5.02. The number of benzene rings is 1. The highest BCUT2D eigenvalue weighted by Crippen LogP contribution is 2.12. The van der Waals surface area contributed by atoms with Crippen molar-refractivity contribution in [2.45, 2.75) is 6.54 Å². The lowest BCUT2D eigenvalue weighted by Gasteiger charge is -2.17. The second-order valence-corrected chi connectivity index (χ2v) is 4.23. The highest BCUT2D eigenvalue weighted by molar-refractivity contribution is 5.94. The molecule has 1 aromatic heterocycles. The molecule has 0 aliphatic carbocycles. The van der Waals surface area contributed by atoms with E-state index in [4.69, 9.17) is 4.74 Å². The van der Waals surface area contributed by atoms with Crippen LogP contribution in [0.25, 0.3) is 0 Å². The minimum Gasteiger partial charge on any atom is -0.481 e. The van der Waals surface area contributed by atoms with E-state index in [2.05, 4.69) is 4.98 Å². The standard InChI is InChI=1S/C15H16N2O2/c1-17(11-12-6-4-3-5-7-12)15(18)13-8-9-16-14(10-13)19-2/h3-10H,11H2,1-2H3. The van der Waals surface area contributed by atoms with Gasteiger partial charge < -0.3 is 9.64 Å². The molecule has 19 heavy (non-hydrogen) atoms. The van der Waals surface area contributed by atoms with Crippen LogP contribution in [0.3, 0.4) is 0 Å². The molecule has 1 heterocycles.